The summed E-state index contributed by atoms with van der Waals surface area (Å²) >= 11 is 8.92. The second-order valence-electron chi connectivity index (χ2n) is 2.98. The van der Waals surface area contributed by atoms with Crippen LogP contribution in [0.4, 0.5) is 4.39 Å². The third kappa shape index (κ3) is 2.51. The summed E-state index contributed by atoms with van der Waals surface area (Å²) in [5.74, 6) is 0.440. The number of nitrogens with zero attached hydrogens (tertiary/aromatic N) is 1. The van der Waals surface area contributed by atoms with Gasteiger partial charge in [0.2, 0.25) is 0 Å². The SMILES string of the molecule is Fc1cc(Oc2ccncc2Cl)ccc1Br. The Morgan fingerprint density at radius 1 is 1.31 bits per heavy atom. The van der Waals surface area contributed by atoms with Gasteiger partial charge in [-0.3, -0.25) is 4.98 Å². The van der Waals surface area contributed by atoms with Gasteiger partial charge >= 0.3 is 0 Å². The van der Waals surface area contributed by atoms with Crippen LogP contribution in [0.3, 0.4) is 0 Å². The van der Waals surface area contributed by atoms with Crippen molar-refractivity contribution in [3.63, 3.8) is 0 Å². The molecule has 0 atom stereocenters. The van der Waals surface area contributed by atoms with Crippen LogP contribution in [-0.4, -0.2) is 4.98 Å². The number of hydrogen-bond donors (Lipinski definition) is 0. The third-order valence-electron chi connectivity index (χ3n) is 1.85. The highest BCUT2D eigenvalue weighted by Gasteiger charge is 2.05. The summed E-state index contributed by atoms with van der Waals surface area (Å²) in [5.41, 5.74) is 0. The van der Waals surface area contributed by atoms with E-state index in [0.29, 0.717) is 21.0 Å². The lowest BCUT2D eigenvalue weighted by Gasteiger charge is -2.07. The van der Waals surface area contributed by atoms with Crippen LogP contribution in [0.1, 0.15) is 0 Å². The quantitative estimate of drug-likeness (QED) is 0.819. The standard InChI is InChI=1S/C11H6BrClFNO/c12-8-2-1-7(5-10(8)14)16-11-3-4-15-6-9(11)13/h1-6H. The van der Waals surface area contributed by atoms with Gasteiger partial charge in [-0.1, -0.05) is 11.6 Å². The van der Waals surface area contributed by atoms with E-state index in [1.807, 2.05) is 0 Å². The van der Waals surface area contributed by atoms with Gasteiger partial charge in [0, 0.05) is 24.5 Å². The Bertz CT molecular complexity index is 521. The van der Waals surface area contributed by atoms with Crippen molar-refractivity contribution in [2.24, 2.45) is 0 Å². The van der Waals surface area contributed by atoms with E-state index in [1.54, 1.807) is 24.4 Å². The molecule has 16 heavy (non-hydrogen) atoms. The van der Waals surface area contributed by atoms with Gasteiger partial charge in [0.05, 0.1) is 4.47 Å². The van der Waals surface area contributed by atoms with Crippen molar-refractivity contribution in [1.82, 2.24) is 4.98 Å². The van der Waals surface area contributed by atoms with Crippen LogP contribution in [0.25, 0.3) is 0 Å². The summed E-state index contributed by atoms with van der Waals surface area (Å²) in [5, 5.41) is 0.380. The lowest BCUT2D eigenvalue weighted by molar-refractivity contribution is 0.476. The maximum Gasteiger partial charge on any atom is 0.149 e. The lowest BCUT2D eigenvalue weighted by Crippen LogP contribution is -1.87. The van der Waals surface area contributed by atoms with Gasteiger partial charge in [0.15, 0.2) is 0 Å². The van der Waals surface area contributed by atoms with Crippen molar-refractivity contribution in [3.8, 4) is 11.5 Å². The molecule has 0 saturated carbocycles. The minimum Gasteiger partial charge on any atom is -0.456 e. The average Bonchev–Trinajstić information content (AvgIpc) is 2.27. The fourth-order valence-corrected chi connectivity index (χ4v) is 1.52. The first-order valence-corrected chi connectivity index (χ1v) is 5.56. The van der Waals surface area contributed by atoms with Gasteiger partial charge in [0.25, 0.3) is 0 Å². The summed E-state index contributed by atoms with van der Waals surface area (Å²) in [4.78, 5) is 3.82. The van der Waals surface area contributed by atoms with Gasteiger partial charge < -0.3 is 4.74 Å². The Balaban J connectivity index is 2.28. The van der Waals surface area contributed by atoms with Crippen molar-refractivity contribution in [2.75, 3.05) is 0 Å². The summed E-state index contributed by atoms with van der Waals surface area (Å²) in [7, 11) is 0. The predicted molar refractivity (Wildman–Crippen MR) is 63.4 cm³/mol. The maximum absolute atomic E-state index is 13.2. The van der Waals surface area contributed by atoms with E-state index in [0.717, 1.165) is 0 Å². The molecule has 0 unspecified atom stereocenters. The molecule has 1 aromatic carbocycles. The molecule has 2 aromatic rings. The molecule has 1 heterocycles. The first-order valence-electron chi connectivity index (χ1n) is 4.39. The molecular formula is C11H6BrClFNO. The highest BCUT2D eigenvalue weighted by atomic mass is 79.9. The van der Waals surface area contributed by atoms with Gasteiger partial charge in [-0.15, -0.1) is 0 Å². The maximum atomic E-state index is 13.2. The fourth-order valence-electron chi connectivity index (χ4n) is 1.11. The van der Waals surface area contributed by atoms with Crippen LogP contribution in [-0.2, 0) is 0 Å². The second-order valence-corrected chi connectivity index (χ2v) is 4.25. The molecule has 0 N–H and O–H groups in total. The highest BCUT2D eigenvalue weighted by molar-refractivity contribution is 9.10. The van der Waals surface area contributed by atoms with Crippen LogP contribution < -0.4 is 4.74 Å². The molecule has 0 fully saturated rings. The van der Waals surface area contributed by atoms with Crippen molar-refractivity contribution in [3.05, 3.63) is 52.0 Å². The molecular weight excluding hydrogens is 296 g/mol. The molecule has 0 saturated heterocycles. The van der Waals surface area contributed by atoms with Crippen LogP contribution in [0.5, 0.6) is 11.5 Å². The zero-order valence-electron chi connectivity index (χ0n) is 7.95. The number of aromatic nitrogens is 1. The first-order chi connectivity index (χ1) is 7.66. The lowest BCUT2D eigenvalue weighted by atomic mass is 10.3. The molecule has 0 amide bonds. The molecule has 0 aliphatic rings. The molecule has 2 nitrogen and oxygen atoms in total. The number of hydrogen-bond acceptors (Lipinski definition) is 2. The van der Waals surface area contributed by atoms with Crippen LogP contribution >= 0.6 is 27.5 Å². The summed E-state index contributed by atoms with van der Waals surface area (Å²) in [6.07, 6.45) is 3.02. The molecule has 0 aliphatic heterocycles. The molecule has 5 heteroatoms. The molecule has 0 aliphatic carbocycles. The average molecular weight is 303 g/mol. The fraction of sp³-hybridized carbons (Fsp3) is 0. The van der Waals surface area contributed by atoms with Crippen molar-refractivity contribution < 1.29 is 9.13 Å². The molecule has 82 valence electrons. The smallest absolute Gasteiger partial charge is 0.149 e. The zero-order chi connectivity index (χ0) is 11.5. The minimum atomic E-state index is -0.386. The van der Waals surface area contributed by atoms with E-state index >= 15 is 0 Å². The number of pyridine rings is 1. The zero-order valence-corrected chi connectivity index (χ0v) is 10.3. The minimum absolute atomic E-state index is 0.380. The van der Waals surface area contributed by atoms with Gasteiger partial charge in [0.1, 0.15) is 22.3 Å². The van der Waals surface area contributed by atoms with E-state index in [2.05, 4.69) is 20.9 Å². The number of ether oxygens (including phenoxy) is 1. The van der Waals surface area contributed by atoms with Gasteiger partial charge in [-0.25, -0.2) is 4.39 Å². The van der Waals surface area contributed by atoms with Crippen LogP contribution in [0, 0.1) is 5.82 Å². The van der Waals surface area contributed by atoms with Crippen molar-refractivity contribution in [2.45, 2.75) is 0 Å². The summed E-state index contributed by atoms with van der Waals surface area (Å²) < 4.78 is 19.0. The summed E-state index contributed by atoms with van der Waals surface area (Å²) in [6.45, 7) is 0. The number of rotatable bonds is 2. The Morgan fingerprint density at radius 2 is 2.12 bits per heavy atom. The Hall–Kier alpha value is -1.13. The highest BCUT2D eigenvalue weighted by Crippen LogP contribution is 2.29. The predicted octanol–water partition coefficient (Wildman–Crippen LogP) is 4.43. The Morgan fingerprint density at radius 3 is 2.81 bits per heavy atom. The summed E-state index contributed by atoms with van der Waals surface area (Å²) in [6, 6.07) is 6.10. The molecule has 0 radical (unpaired) electrons. The van der Waals surface area contributed by atoms with Gasteiger partial charge in [-0.05, 0) is 28.1 Å². The molecule has 2 rings (SSSR count). The van der Waals surface area contributed by atoms with Crippen LogP contribution in [0.15, 0.2) is 41.1 Å². The molecule has 0 bridgehead atoms. The van der Waals surface area contributed by atoms with Crippen LogP contribution in [0.2, 0.25) is 5.02 Å². The second kappa shape index (κ2) is 4.80. The normalized spacial score (nSPS) is 10.2. The Kier molecular flexibility index (Phi) is 3.41. The molecule has 0 spiro atoms. The van der Waals surface area contributed by atoms with E-state index in [4.69, 9.17) is 16.3 Å². The van der Waals surface area contributed by atoms with E-state index in [9.17, 15) is 4.39 Å². The third-order valence-corrected chi connectivity index (χ3v) is 2.78. The largest absolute Gasteiger partial charge is 0.456 e. The van der Waals surface area contributed by atoms with Crippen molar-refractivity contribution >= 4 is 27.5 Å². The topological polar surface area (TPSA) is 22.1 Å². The molecule has 1 aromatic heterocycles. The van der Waals surface area contributed by atoms with E-state index < -0.39 is 0 Å². The van der Waals surface area contributed by atoms with Gasteiger partial charge in [-0.2, -0.15) is 0 Å². The van der Waals surface area contributed by atoms with E-state index in [1.165, 1.54) is 12.3 Å². The van der Waals surface area contributed by atoms with E-state index in [-0.39, 0.29) is 5.82 Å². The Labute approximate surface area is 105 Å². The first kappa shape index (κ1) is 11.4. The van der Waals surface area contributed by atoms with Crippen molar-refractivity contribution in [1.29, 1.82) is 0 Å². The number of benzene rings is 1. The number of halogens is 3. The monoisotopic (exact) mass is 301 g/mol.